The van der Waals surface area contributed by atoms with Crippen molar-refractivity contribution >= 4 is 11.9 Å². The van der Waals surface area contributed by atoms with Gasteiger partial charge in [0, 0.05) is 19.1 Å². The molecule has 10 heavy (non-hydrogen) atoms. The van der Waals surface area contributed by atoms with E-state index >= 15 is 0 Å². The van der Waals surface area contributed by atoms with E-state index in [2.05, 4.69) is 16.7 Å². The minimum atomic E-state index is 1.23. The lowest BCUT2D eigenvalue weighted by atomic mass is 10.3. The van der Waals surface area contributed by atoms with Gasteiger partial charge in [-0.1, -0.05) is 18.2 Å². The van der Waals surface area contributed by atoms with E-state index in [1.807, 2.05) is 38.4 Å². The number of para-hydroxylation sites is 1. The van der Waals surface area contributed by atoms with E-state index in [0.717, 1.165) is 0 Å². The zero-order valence-corrected chi connectivity index (χ0v) is 6.41. The Morgan fingerprint density at radius 1 is 1.20 bits per heavy atom. The molecule has 0 heterocycles. The van der Waals surface area contributed by atoms with Gasteiger partial charge >= 0.3 is 0 Å². The Hall–Kier alpha value is -1.11. The summed E-state index contributed by atoms with van der Waals surface area (Å²) in [6, 6.07) is 10.3. The first-order valence-electron chi connectivity index (χ1n) is 3.42. The maximum Gasteiger partial charge on any atom is 0.204 e. The monoisotopic (exact) mass is 134 g/mol. The van der Waals surface area contributed by atoms with Crippen molar-refractivity contribution in [2.75, 3.05) is 7.05 Å². The van der Waals surface area contributed by atoms with Gasteiger partial charge in [0.2, 0.25) is 5.69 Å². The Labute approximate surface area is 61.6 Å². The Morgan fingerprint density at radius 2 is 1.80 bits per heavy atom. The van der Waals surface area contributed by atoms with E-state index in [1.54, 1.807) is 0 Å². The molecule has 0 spiro atoms. The first-order chi connectivity index (χ1) is 4.84. The molecule has 0 saturated heterocycles. The molecule has 1 nitrogen and oxygen atoms in total. The predicted octanol–water partition coefficient (Wildman–Crippen LogP) is 2.05. The first-order valence-corrected chi connectivity index (χ1v) is 3.42. The second kappa shape index (κ2) is 3.16. The summed E-state index contributed by atoms with van der Waals surface area (Å²) < 4.78 is 2.08. The van der Waals surface area contributed by atoms with Gasteiger partial charge in [0.15, 0.2) is 0 Å². The van der Waals surface area contributed by atoms with Gasteiger partial charge in [0.25, 0.3) is 0 Å². The third-order valence-electron chi connectivity index (χ3n) is 1.55. The quantitative estimate of drug-likeness (QED) is 0.408. The Bertz CT molecular complexity index is 224. The number of rotatable bonds is 1. The second-order valence-electron chi connectivity index (χ2n) is 2.20. The summed E-state index contributed by atoms with van der Waals surface area (Å²) >= 11 is 0. The summed E-state index contributed by atoms with van der Waals surface area (Å²) in [6.07, 6.45) is 2.04. The molecule has 0 bridgehead atoms. The highest BCUT2D eigenvalue weighted by atomic mass is 15.0. The summed E-state index contributed by atoms with van der Waals surface area (Å²) in [5.74, 6) is 0. The summed E-state index contributed by atoms with van der Waals surface area (Å²) in [5, 5.41) is 0. The molecule has 0 N–H and O–H groups in total. The minimum absolute atomic E-state index is 1.23. The summed E-state index contributed by atoms with van der Waals surface area (Å²) in [6.45, 7) is 2.02. The number of benzene rings is 1. The van der Waals surface area contributed by atoms with E-state index in [0.29, 0.717) is 0 Å². The van der Waals surface area contributed by atoms with Crippen LogP contribution in [0, 0.1) is 0 Å². The maximum atomic E-state index is 2.08. The molecule has 1 aromatic rings. The molecule has 1 aromatic carbocycles. The highest BCUT2D eigenvalue weighted by Gasteiger charge is 1.95. The van der Waals surface area contributed by atoms with Crippen LogP contribution in [0.3, 0.4) is 0 Å². The van der Waals surface area contributed by atoms with Crippen molar-refractivity contribution in [3.05, 3.63) is 30.3 Å². The van der Waals surface area contributed by atoms with E-state index in [-0.39, 0.29) is 0 Å². The SMILES string of the molecule is CC=[N+](C)c1ccccc1. The van der Waals surface area contributed by atoms with Crippen LogP contribution in [0.4, 0.5) is 5.69 Å². The second-order valence-corrected chi connectivity index (χ2v) is 2.20. The van der Waals surface area contributed by atoms with Gasteiger partial charge in [-0.2, -0.15) is 0 Å². The fourth-order valence-electron chi connectivity index (χ4n) is 0.812. The van der Waals surface area contributed by atoms with Crippen LogP contribution in [0.5, 0.6) is 0 Å². The molecule has 1 rings (SSSR count). The van der Waals surface area contributed by atoms with Gasteiger partial charge < -0.3 is 0 Å². The molecule has 0 saturated carbocycles. The summed E-state index contributed by atoms with van der Waals surface area (Å²) in [7, 11) is 2.04. The molecule has 0 fully saturated rings. The van der Waals surface area contributed by atoms with Gasteiger partial charge in [-0.3, -0.25) is 0 Å². The fraction of sp³-hybridized carbons (Fsp3) is 0.222. The van der Waals surface area contributed by atoms with Crippen molar-refractivity contribution in [1.29, 1.82) is 0 Å². The maximum absolute atomic E-state index is 2.08. The molecule has 1 heteroatoms. The molecule has 0 amide bonds. The number of hydrogen-bond acceptors (Lipinski definition) is 0. The van der Waals surface area contributed by atoms with Gasteiger partial charge in [0.1, 0.15) is 13.3 Å². The molecular weight excluding hydrogens is 122 g/mol. The van der Waals surface area contributed by atoms with Crippen molar-refractivity contribution in [3.8, 4) is 0 Å². The van der Waals surface area contributed by atoms with E-state index in [9.17, 15) is 0 Å². The normalized spacial score (nSPS) is 11.6. The van der Waals surface area contributed by atoms with Crippen LogP contribution in [0.1, 0.15) is 6.92 Å². The Kier molecular flexibility index (Phi) is 2.21. The lowest BCUT2D eigenvalue weighted by Crippen LogP contribution is -1.95. The van der Waals surface area contributed by atoms with Gasteiger partial charge in [-0.15, -0.1) is 0 Å². The molecular formula is C9H12N+. The molecule has 52 valence electrons. The molecule has 0 aliphatic rings. The molecule has 0 aliphatic heterocycles. The van der Waals surface area contributed by atoms with Crippen LogP contribution in [0.15, 0.2) is 30.3 Å². The van der Waals surface area contributed by atoms with E-state index in [1.165, 1.54) is 5.69 Å². The molecule has 0 aliphatic carbocycles. The van der Waals surface area contributed by atoms with Crippen LogP contribution in [0.2, 0.25) is 0 Å². The topological polar surface area (TPSA) is 3.01 Å². The standard InChI is InChI=1S/C9H12N/c1-3-10(2)9-7-5-4-6-8-9/h3-8H,1-2H3/q+1. The Morgan fingerprint density at radius 3 is 2.30 bits per heavy atom. The predicted molar refractivity (Wildman–Crippen MR) is 44.0 cm³/mol. The fourth-order valence-corrected chi connectivity index (χ4v) is 0.812. The zero-order valence-electron chi connectivity index (χ0n) is 6.41. The highest BCUT2D eigenvalue weighted by molar-refractivity contribution is 5.50. The van der Waals surface area contributed by atoms with Crippen LogP contribution in [-0.4, -0.2) is 17.8 Å². The minimum Gasteiger partial charge on any atom is -0.206 e. The van der Waals surface area contributed by atoms with Crippen LogP contribution < -0.4 is 0 Å². The summed E-state index contributed by atoms with van der Waals surface area (Å²) in [5.41, 5.74) is 1.23. The zero-order chi connectivity index (χ0) is 7.40. The van der Waals surface area contributed by atoms with Crippen molar-refractivity contribution in [2.45, 2.75) is 6.92 Å². The Balaban J connectivity index is 2.96. The smallest absolute Gasteiger partial charge is 0.204 e. The average Bonchev–Trinajstić information content (AvgIpc) is 2.05. The molecule has 0 atom stereocenters. The van der Waals surface area contributed by atoms with Gasteiger partial charge in [0.05, 0.1) is 0 Å². The van der Waals surface area contributed by atoms with Crippen LogP contribution >= 0.6 is 0 Å². The van der Waals surface area contributed by atoms with Crippen molar-refractivity contribution < 1.29 is 4.58 Å². The third-order valence-corrected chi connectivity index (χ3v) is 1.55. The molecule has 0 unspecified atom stereocenters. The lowest BCUT2D eigenvalue weighted by molar-refractivity contribution is -0.400. The van der Waals surface area contributed by atoms with Crippen LogP contribution in [0.25, 0.3) is 0 Å². The lowest BCUT2D eigenvalue weighted by Gasteiger charge is -1.91. The van der Waals surface area contributed by atoms with Crippen molar-refractivity contribution in [1.82, 2.24) is 0 Å². The van der Waals surface area contributed by atoms with E-state index in [4.69, 9.17) is 0 Å². The summed E-state index contributed by atoms with van der Waals surface area (Å²) in [4.78, 5) is 0. The highest BCUT2D eigenvalue weighted by Crippen LogP contribution is 2.06. The van der Waals surface area contributed by atoms with Gasteiger partial charge in [-0.25, -0.2) is 4.58 Å². The third kappa shape index (κ3) is 1.44. The molecule has 0 radical (unpaired) electrons. The molecule has 0 aromatic heterocycles. The number of nitrogens with zero attached hydrogens (tertiary/aromatic N) is 1. The first kappa shape index (κ1) is 7.00. The van der Waals surface area contributed by atoms with Crippen molar-refractivity contribution in [2.24, 2.45) is 0 Å². The van der Waals surface area contributed by atoms with Crippen LogP contribution in [-0.2, 0) is 0 Å². The van der Waals surface area contributed by atoms with Gasteiger partial charge in [-0.05, 0) is 0 Å². The van der Waals surface area contributed by atoms with E-state index < -0.39 is 0 Å². The number of hydrogen-bond donors (Lipinski definition) is 0. The largest absolute Gasteiger partial charge is 0.206 e. The average molecular weight is 134 g/mol. The van der Waals surface area contributed by atoms with Crippen molar-refractivity contribution in [3.63, 3.8) is 0 Å².